The molecule has 1 unspecified atom stereocenters. The lowest BCUT2D eigenvalue weighted by Gasteiger charge is -2.41. The lowest BCUT2D eigenvalue weighted by atomic mass is 9.71. The van der Waals surface area contributed by atoms with Crippen LogP contribution in [0.5, 0.6) is 0 Å². The number of likely N-dealkylation sites (tertiary alicyclic amines) is 1. The normalized spacial score (nSPS) is 38.8. The molecule has 0 bridgehead atoms. The maximum atomic E-state index is 12.6. The lowest BCUT2D eigenvalue weighted by molar-refractivity contribution is -0.141. The summed E-state index contributed by atoms with van der Waals surface area (Å²) in [5, 5.41) is 12.2. The van der Waals surface area contributed by atoms with Crippen molar-refractivity contribution in [1.29, 1.82) is 0 Å². The number of aliphatic carboxylic acids is 1. The monoisotopic (exact) mass is 320 g/mol. The molecule has 23 heavy (non-hydrogen) atoms. The minimum atomic E-state index is -0.707. The van der Waals surface area contributed by atoms with Crippen LogP contribution in [0, 0.1) is 23.7 Å². The van der Waals surface area contributed by atoms with E-state index in [2.05, 4.69) is 5.32 Å². The Morgan fingerprint density at radius 1 is 1.00 bits per heavy atom. The number of hydrogen-bond acceptors (Lipinski definition) is 3. The van der Waals surface area contributed by atoms with Crippen molar-refractivity contribution >= 4 is 17.8 Å². The number of amides is 2. The largest absolute Gasteiger partial charge is 0.481 e. The summed E-state index contributed by atoms with van der Waals surface area (Å²) in [4.78, 5) is 37.8. The fraction of sp³-hybridized carbons (Fsp3) is 0.824. The minimum absolute atomic E-state index is 0.0290. The van der Waals surface area contributed by atoms with E-state index >= 15 is 0 Å². The first kappa shape index (κ1) is 15.0. The van der Waals surface area contributed by atoms with Gasteiger partial charge < -0.3 is 15.3 Å². The highest BCUT2D eigenvalue weighted by Crippen LogP contribution is 2.49. The van der Waals surface area contributed by atoms with E-state index in [4.69, 9.17) is 5.11 Å². The Bertz CT molecular complexity index is 545. The molecule has 126 valence electrons. The van der Waals surface area contributed by atoms with Crippen molar-refractivity contribution < 1.29 is 19.5 Å². The van der Waals surface area contributed by atoms with Crippen LogP contribution < -0.4 is 5.32 Å². The number of hydrogen-bond donors (Lipinski definition) is 2. The zero-order valence-electron chi connectivity index (χ0n) is 13.2. The molecule has 6 nitrogen and oxygen atoms in total. The number of rotatable bonds is 4. The fourth-order valence-electron chi connectivity index (χ4n) is 4.74. The Morgan fingerprint density at radius 2 is 1.78 bits per heavy atom. The molecule has 0 aromatic heterocycles. The highest BCUT2D eigenvalue weighted by Gasteiger charge is 2.51. The van der Waals surface area contributed by atoms with Crippen LogP contribution in [0.3, 0.4) is 0 Å². The molecule has 6 heteroatoms. The van der Waals surface area contributed by atoms with Gasteiger partial charge >= 0.3 is 5.97 Å². The average molecular weight is 320 g/mol. The van der Waals surface area contributed by atoms with E-state index in [0.29, 0.717) is 24.8 Å². The highest BCUT2D eigenvalue weighted by molar-refractivity contribution is 5.90. The molecule has 0 radical (unpaired) electrons. The molecular weight excluding hydrogens is 296 g/mol. The third-order valence-electron chi connectivity index (χ3n) is 6.26. The molecule has 5 atom stereocenters. The molecule has 4 fully saturated rings. The number of carboxylic acids is 1. The van der Waals surface area contributed by atoms with Crippen LogP contribution in [0.4, 0.5) is 0 Å². The number of carbonyl (C=O) groups is 3. The first-order valence-corrected chi connectivity index (χ1v) is 8.88. The van der Waals surface area contributed by atoms with Crippen LogP contribution in [-0.2, 0) is 14.4 Å². The molecule has 0 spiro atoms. The van der Waals surface area contributed by atoms with Gasteiger partial charge in [-0.05, 0) is 56.8 Å². The van der Waals surface area contributed by atoms with Gasteiger partial charge in [0.25, 0.3) is 0 Å². The van der Waals surface area contributed by atoms with Crippen molar-refractivity contribution in [2.75, 3.05) is 6.54 Å². The molecule has 0 aromatic carbocycles. The summed E-state index contributed by atoms with van der Waals surface area (Å²) in [7, 11) is 0. The van der Waals surface area contributed by atoms with E-state index in [9.17, 15) is 14.4 Å². The summed E-state index contributed by atoms with van der Waals surface area (Å²) in [6.45, 7) is 0.700. The Labute approximate surface area is 135 Å². The molecule has 4 rings (SSSR count). The third-order valence-corrected chi connectivity index (χ3v) is 6.26. The molecule has 1 aliphatic heterocycles. The number of nitrogens with zero attached hydrogens (tertiary/aromatic N) is 1. The third kappa shape index (κ3) is 2.62. The van der Waals surface area contributed by atoms with Crippen molar-refractivity contribution in [2.45, 2.75) is 57.0 Å². The zero-order chi connectivity index (χ0) is 16.1. The molecule has 4 aliphatic rings. The van der Waals surface area contributed by atoms with E-state index in [0.717, 1.165) is 38.5 Å². The van der Waals surface area contributed by atoms with Crippen LogP contribution in [0.1, 0.15) is 44.9 Å². The van der Waals surface area contributed by atoms with Crippen LogP contribution in [0.2, 0.25) is 0 Å². The SMILES string of the molecule is O=C(O)C1C[C@@H]2C[C@@H](NC(=O)[C@@H]3CCCN3C(=O)C3CC3)[C@@H]2C1. The van der Waals surface area contributed by atoms with Crippen LogP contribution >= 0.6 is 0 Å². The van der Waals surface area contributed by atoms with Crippen molar-refractivity contribution in [2.24, 2.45) is 23.7 Å². The van der Waals surface area contributed by atoms with E-state index in [-0.39, 0.29) is 35.7 Å². The van der Waals surface area contributed by atoms with Crippen molar-refractivity contribution in [3.05, 3.63) is 0 Å². The van der Waals surface area contributed by atoms with Gasteiger partial charge in [-0.15, -0.1) is 0 Å². The topological polar surface area (TPSA) is 86.7 Å². The second-order valence-electron chi connectivity index (χ2n) is 7.75. The fourth-order valence-corrected chi connectivity index (χ4v) is 4.74. The summed E-state index contributed by atoms with van der Waals surface area (Å²) in [6, 6.07) is -0.200. The molecule has 3 aliphatic carbocycles. The van der Waals surface area contributed by atoms with Gasteiger partial charge in [0.15, 0.2) is 0 Å². The van der Waals surface area contributed by atoms with Gasteiger partial charge in [0.2, 0.25) is 11.8 Å². The summed E-state index contributed by atoms with van der Waals surface area (Å²) >= 11 is 0. The predicted molar refractivity (Wildman–Crippen MR) is 81.3 cm³/mol. The summed E-state index contributed by atoms with van der Waals surface area (Å²) in [5.74, 6) is 0.0957. The summed E-state index contributed by atoms with van der Waals surface area (Å²) < 4.78 is 0. The van der Waals surface area contributed by atoms with E-state index in [1.807, 2.05) is 0 Å². The van der Waals surface area contributed by atoms with Gasteiger partial charge in [-0.2, -0.15) is 0 Å². The average Bonchev–Trinajstić information content (AvgIpc) is 3.13. The Morgan fingerprint density at radius 3 is 2.48 bits per heavy atom. The van der Waals surface area contributed by atoms with Crippen LogP contribution in [0.15, 0.2) is 0 Å². The highest BCUT2D eigenvalue weighted by atomic mass is 16.4. The Kier molecular flexibility index (Phi) is 3.58. The maximum Gasteiger partial charge on any atom is 0.306 e. The van der Waals surface area contributed by atoms with Crippen molar-refractivity contribution in [3.63, 3.8) is 0 Å². The summed E-state index contributed by atoms with van der Waals surface area (Å²) in [6.07, 6.45) is 5.91. The van der Waals surface area contributed by atoms with Crippen LogP contribution in [0.25, 0.3) is 0 Å². The molecule has 0 aromatic rings. The van der Waals surface area contributed by atoms with Gasteiger partial charge in [0, 0.05) is 18.5 Å². The second-order valence-corrected chi connectivity index (χ2v) is 7.75. The molecular formula is C17H24N2O4. The van der Waals surface area contributed by atoms with E-state index < -0.39 is 5.97 Å². The summed E-state index contributed by atoms with van der Waals surface area (Å²) in [5.41, 5.74) is 0. The van der Waals surface area contributed by atoms with Gasteiger partial charge in [-0.1, -0.05) is 0 Å². The van der Waals surface area contributed by atoms with Crippen LogP contribution in [-0.4, -0.2) is 46.4 Å². The quantitative estimate of drug-likeness (QED) is 0.809. The number of fused-ring (bicyclic) bond motifs is 1. The van der Waals surface area contributed by atoms with Gasteiger partial charge in [0.05, 0.1) is 5.92 Å². The number of carboxylic acid groups (broad SMARTS) is 1. The molecule has 2 N–H and O–H groups in total. The van der Waals surface area contributed by atoms with Crippen molar-refractivity contribution in [3.8, 4) is 0 Å². The first-order chi connectivity index (χ1) is 11.0. The lowest BCUT2D eigenvalue weighted by Crippen LogP contribution is -2.55. The Hall–Kier alpha value is -1.59. The van der Waals surface area contributed by atoms with E-state index in [1.165, 1.54) is 0 Å². The molecule has 1 saturated heterocycles. The second kappa shape index (κ2) is 5.49. The number of carbonyl (C=O) groups excluding carboxylic acids is 2. The molecule has 1 heterocycles. The predicted octanol–water partition coefficient (Wildman–Crippen LogP) is 1.00. The first-order valence-electron chi connectivity index (χ1n) is 8.88. The van der Waals surface area contributed by atoms with E-state index in [1.54, 1.807) is 4.90 Å². The Balaban J connectivity index is 1.33. The van der Waals surface area contributed by atoms with Gasteiger partial charge in [-0.3, -0.25) is 14.4 Å². The van der Waals surface area contributed by atoms with Crippen molar-refractivity contribution in [1.82, 2.24) is 10.2 Å². The molecule has 3 saturated carbocycles. The molecule has 2 amide bonds. The van der Waals surface area contributed by atoms with Gasteiger partial charge in [-0.25, -0.2) is 0 Å². The standard InChI is InChI=1S/C17H24N2O4/c20-15(14-2-1-5-19(14)16(21)9-3-4-9)18-13-8-10-6-11(17(22)23)7-12(10)13/h9-14H,1-8H2,(H,18,20)(H,22,23)/t10-,11?,12-,13-,14+/m1/s1. The minimum Gasteiger partial charge on any atom is -0.481 e. The number of nitrogens with one attached hydrogen (secondary N) is 1. The van der Waals surface area contributed by atoms with Gasteiger partial charge in [0.1, 0.15) is 6.04 Å². The smallest absolute Gasteiger partial charge is 0.306 e. The maximum absolute atomic E-state index is 12.6. The zero-order valence-corrected chi connectivity index (χ0v) is 13.2.